The lowest BCUT2D eigenvalue weighted by Gasteiger charge is -2.36. The largest absolute Gasteiger partial charge is 0.0917 e. The van der Waals surface area contributed by atoms with Crippen LogP contribution >= 0.6 is 0 Å². The van der Waals surface area contributed by atoms with E-state index in [-0.39, 0.29) is 0 Å². The Labute approximate surface area is 157 Å². The first kappa shape index (κ1) is 19.2. The van der Waals surface area contributed by atoms with E-state index in [9.17, 15) is 0 Å². The molecule has 0 bridgehead atoms. The Morgan fingerprint density at radius 3 is 1.64 bits per heavy atom. The van der Waals surface area contributed by atoms with Gasteiger partial charge in [0.25, 0.3) is 0 Å². The average molecular weight is 343 g/mol. The smallest absolute Gasteiger partial charge is 0.0233 e. The number of allylic oxidation sites excluding steroid dienone is 4. The molecule has 0 radical (unpaired) electrons. The van der Waals surface area contributed by atoms with E-state index in [1.165, 1.54) is 83.5 Å². The van der Waals surface area contributed by atoms with Gasteiger partial charge in [-0.15, -0.1) is 0 Å². The predicted molar refractivity (Wildman–Crippen MR) is 111 cm³/mol. The lowest BCUT2D eigenvalue weighted by atomic mass is 9.69. The fraction of sp³-hybridized carbons (Fsp3) is 0.840. The number of hydrogen-bond donors (Lipinski definition) is 0. The summed E-state index contributed by atoms with van der Waals surface area (Å²) >= 11 is 0. The Hall–Kier alpha value is -0.520. The maximum atomic E-state index is 2.64. The lowest BCUT2D eigenvalue weighted by Crippen LogP contribution is -2.24. The van der Waals surface area contributed by atoms with Crippen LogP contribution in [0.25, 0.3) is 0 Å². The molecule has 3 fully saturated rings. The van der Waals surface area contributed by atoms with Gasteiger partial charge in [0.15, 0.2) is 0 Å². The molecule has 0 aromatic carbocycles. The van der Waals surface area contributed by atoms with Gasteiger partial charge in [-0.3, -0.25) is 0 Å². The first-order valence-corrected chi connectivity index (χ1v) is 11.5. The van der Waals surface area contributed by atoms with Crippen molar-refractivity contribution in [1.82, 2.24) is 0 Å². The Kier molecular flexibility index (Phi) is 7.68. The zero-order valence-electron chi connectivity index (χ0n) is 17.0. The van der Waals surface area contributed by atoms with Crippen LogP contribution in [-0.2, 0) is 0 Å². The zero-order chi connectivity index (χ0) is 17.5. The SMILES string of the molecule is C/C=C/CC1CCC(/C=C/C2CCC(C3CCC(C)CC3)CC2)CC1. The van der Waals surface area contributed by atoms with Crippen LogP contribution in [0.4, 0.5) is 0 Å². The third-order valence-electron chi connectivity index (χ3n) is 7.80. The van der Waals surface area contributed by atoms with Crippen molar-refractivity contribution in [2.24, 2.45) is 35.5 Å². The van der Waals surface area contributed by atoms with Gasteiger partial charge < -0.3 is 0 Å². The summed E-state index contributed by atoms with van der Waals surface area (Å²) in [5.41, 5.74) is 0. The van der Waals surface area contributed by atoms with Crippen LogP contribution in [0.1, 0.15) is 97.3 Å². The Morgan fingerprint density at radius 1 is 0.640 bits per heavy atom. The molecule has 0 saturated heterocycles. The fourth-order valence-electron chi connectivity index (χ4n) is 5.83. The van der Waals surface area contributed by atoms with E-state index in [1.807, 2.05) is 0 Å². The van der Waals surface area contributed by atoms with Crippen molar-refractivity contribution >= 4 is 0 Å². The summed E-state index contributed by atoms with van der Waals surface area (Å²) < 4.78 is 0. The van der Waals surface area contributed by atoms with Gasteiger partial charge in [0.2, 0.25) is 0 Å². The van der Waals surface area contributed by atoms with Gasteiger partial charge in [-0.1, -0.05) is 44.1 Å². The molecular formula is C25H42. The van der Waals surface area contributed by atoms with E-state index >= 15 is 0 Å². The first-order valence-electron chi connectivity index (χ1n) is 11.5. The molecule has 0 N–H and O–H groups in total. The molecule has 0 amide bonds. The zero-order valence-corrected chi connectivity index (χ0v) is 17.0. The summed E-state index contributed by atoms with van der Waals surface area (Å²) in [5, 5.41) is 0. The average Bonchev–Trinajstić information content (AvgIpc) is 2.67. The molecule has 0 heteroatoms. The van der Waals surface area contributed by atoms with E-state index in [0.29, 0.717) is 0 Å². The van der Waals surface area contributed by atoms with E-state index in [0.717, 1.165) is 35.5 Å². The van der Waals surface area contributed by atoms with Gasteiger partial charge in [-0.05, 0) is 113 Å². The molecule has 3 saturated carbocycles. The maximum Gasteiger partial charge on any atom is -0.0233 e. The molecule has 0 aromatic heterocycles. The minimum atomic E-state index is 0.888. The highest BCUT2D eigenvalue weighted by Crippen LogP contribution is 2.41. The Balaban J connectivity index is 1.34. The molecule has 25 heavy (non-hydrogen) atoms. The van der Waals surface area contributed by atoms with Crippen LogP contribution < -0.4 is 0 Å². The summed E-state index contributed by atoms with van der Waals surface area (Å²) in [6.45, 7) is 4.60. The first-order chi connectivity index (χ1) is 12.2. The van der Waals surface area contributed by atoms with E-state index < -0.39 is 0 Å². The van der Waals surface area contributed by atoms with E-state index in [2.05, 4.69) is 38.2 Å². The molecule has 0 heterocycles. The van der Waals surface area contributed by atoms with Crippen LogP contribution in [0.15, 0.2) is 24.3 Å². The second-order valence-electron chi connectivity index (χ2n) is 9.67. The molecule has 0 nitrogen and oxygen atoms in total. The molecular weight excluding hydrogens is 300 g/mol. The molecule has 3 aliphatic carbocycles. The third-order valence-corrected chi connectivity index (χ3v) is 7.80. The molecule has 0 unspecified atom stereocenters. The Morgan fingerprint density at radius 2 is 1.12 bits per heavy atom. The summed E-state index contributed by atoms with van der Waals surface area (Å²) in [4.78, 5) is 0. The lowest BCUT2D eigenvalue weighted by molar-refractivity contribution is 0.160. The van der Waals surface area contributed by atoms with Crippen LogP contribution in [0.5, 0.6) is 0 Å². The van der Waals surface area contributed by atoms with Gasteiger partial charge in [0, 0.05) is 0 Å². The van der Waals surface area contributed by atoms with Gasteiger partial charge in [-0.2, -0.15) is 0 Å². The fourth-order valence-corrected chi connectivity index (χ4v) is 5.83. The minimum Gasteiger partial charge on any atom is -0.0917 e. The van der Waals surface area contributed by atoms with Crippen LogP contribution in [0.3, 0.4) is 0 Å². The van der Waals surface area contributed by atoms with Crippen molar-refractivity contribution in [3.05, 3.63) is 24.3 Å². The van der Waals surface area contributed by atoms with Crippen molar-refractivity contribution in [3.8, 4) is 0 Å². The molecule has 3 rings (SSSR count). The van der Waals surface area contributed by atoms with E-state index in [4.69, 9.17) is 0 Å². The highest BCUT2D eigenvalue weighted by molar-refractivity contribution is 4.97. The minimum absolute atomic E-state index is 0.888. The summed E-state index contributed by atoms with van der Waals surface area (Å²) in [5.74, 6) is 5.91. The number of hydrogen-bond acceptors (Lipinski definition) is 0. The summed E-state index contributed by atoms with van der Waals surface area (Å²) in [7, 11) is 0. The highest BCUT2D eigenvalue weighted by Gasteiger charge is 2.29. The predicted octanol–water partition coefficient (Wildman–Crippen LogP) is 7.95. The molecule has 0 atom stereocenters. The second kappa shape index (κ2) is 9.98. The third kappa shape index (κ3) is 6.00. The Bertz CT molecular complexity index is 407. The maximum absolute atomic E-state index is 2.64. The van der Waals surface area contributed by atoms with Crippen LogP contribution in [-0.4, -0.2) is 0 Å². The van der Waals surface area contributed by atoms with Gasteiger partial charge in [0.1, 0.15) is 0 Å². The van der Waals surface area contributed by atoms with Crippen LogP contribution in [0, 0.1) is 35.5 Å². The monoisotopic (exact) mass is 342 g/mol. The van der Waals surface area contributed by atoms with Gasteiger partial charge in [0.05, 0.1) is 0 Å². The molecule has 142 valence electrons. The van der Waals surface area contributed by atoms with Crippen molar-refractivity contribution < 1.29 is 0 Å². The summed E-state index contributed by atoms with van der Waals surface area (Å²) in [6.07, 6.45) is 29.0. The molecule has 0 spiro atoms. The molecule has 0 aromatic rings. The summed E-state index contributed by atoms with van der Waals surface area (Å²) in [6, 6.07) is 0. The van der Waals surface area contributed by atoms with Crippen molar-refractivity contribution in [1.29, 1.82) is 0 Å². The standard InChI is InChI=1S/C25H42/c1-3-4-5-21-8-10-22(11-9-21)12-13-23-14-18-25(19-15-23)24-16-6-20(2)7-17-24/h3-4,12-13,20-25H,5-11,14-19H2,1-2H3/b4-3+,13-12+. The molecule has 3 aliphatic rings. The van der Waals surface area contributed by atoms with Crippen LogP contribution in [0.2, 0.25) is 0 Å². The van der Waals surface area contributed by atoms with Gasteiger partial charge in [-0.25, -0.2) is 0 Å². The highest BCUT2D eigenvalue weighted by atomic mass is 14.3. The van der Waals surface area contributed by atoms with Crippen molar-refractivity contribution in [2.45, 2.75) is 97.3 Å². The quantitative estimate of drug-likeness (QED) is 0.445. The topological polar surface area (TPSA) is 0 Å². The van der Waals surface area contributed by atoms with Crippen molar-refractivity contribution in [2.75, 3.05) is 0 Å². The molecule has 0 aliphatic heterocycles. The van der Waals surface area contributed by atoms with Crippen molar-refractivity contribution in [3.63, 3.8) is 0 Å². The normalized spacial score (nSPS) is 40.7. The second-order valence-corrected chi connectivity index (χ2v) is 9.67. The van der Waals surface area contributed by atoms with E-state index in [1.54, 1.807) is 0 Å². The number of rotatable bonds is 5. The van der Waals surface area contributed by atoms with Gasteiger partial charge >= 0.3 is 0 Å².